The number of carbonyl (C=O) groups is 1. The van der Waals surface area contributed by atoms with Crippen LogP contribution in [0.15, 0.2) is 60.7 Å². The number of hydrogen-bond donors (Lipinski definition) is 1. The van der Waals surface area contributed by atoms with Crippen molar-refractivity contribution in [1.29, 1.82) is 0 Å². The Morgan fingerprint density at radius 2 is 1.85 bits per heavy atom. The summed E-state index contributed by atoms with van der Waals surface area (Å²) in [7, 11) is 0. The van der Waals surface area contributed by atoms with Gasteiger partial charge in [-0.3, -0.25) is 0 Å². The molecule has 0 bridgehead atoms. The molecular formula is C21H18ClNO4. The van der Waals surface area contributed by atoms with Gasteiger partial charge in [-0.05, 0) is 49.4 Å². The number of ether oxygens (including phenoxy) is 2. The van der Waals surface area contributed by atoms with Crippen molar-refractivity contribution in [2.45, 2.75) is 13.5 Å². The highest BCUT2D eigenvalue weighted by Gasteiger charge is 2.16. The van der Waals surface area contributed by atoms with E-state index in [1.54, 1.807) is 36.4 Å². The van der Waals surface area contributed by atoms with Crippen LogP contribution in [-0.4, -0.2) is 22.7 Å². The molecule has 2 aromatic carbocycles. The molecule has 0 spiro atoms. The van der Waals surface area contributed by atoms with Crippen molar-refractivity contribution in [2.24, 2.45) is 0 Å². The van der Waals surface area contributed by atoms with Crippen LogP contribution < -0.4 is 9.47 Å². The standard InChI is InChI=1S/C21H18ClNO4/c1-2-26-20-12-14(22)8-9-16(20)18-11-10-17(21(24)25)19(23-18)13-27-15-6-4-3-5-7-15/h3-12H,2,13H2,1H3,(H,24,25). The number of hydrogen-bond acceptors (Lipinski definition) is 4. The SMILES string of the molecule is CCOc1cc(Cl)ccc1-c1ccc(C(=O)O)c(COc2ccccc2)n1. The molecule has 3 rings (SSSR count). The maximum absolute atomic E-state index is 11.6. The van der Waals surface area contributed by atoms with E-state index < -0.39 is 5.97 Å². The van der Waals surface area contributed by atoms with E-state index in [0.717, 1.165) is 5.56 Å². The second-order valence-electron chi connectivity index (χ2n) is 5.67. The summed E-state index contributed by atoms with van der Waals surface area (Å²) in [6, 6.07) is 17.6. The van der Waals surface area contributed by atoms with Crippen LogP contribution in [-0.2, 0) is 6.61 Å². The van der Waals surface area contributed by atoms with E-state index in [9.17, 15) is 9.90 Å². The number of pyridine rings is 1. The molecule has 27 heavy (non-hydrogen) atoms. The summed E-state index contributed by atoms with van der Waals surface area (Å²) >= 11 is 6.06. The van der Waals surface area contributed by atoms with Gasteiger partial charge in [-0.15, -0.1) is 0 Å². The summed E-state index contributed by atoms with van der Waals surface area (Å²) in [5, 5.41) is 10.0. The van der Waals surface area contributed by atoms with E-state index in [1.165, 1.54) is 6.07 Å². The number of rotatable bonds is 7. The molecule has 1 aromatic heterocycles. The molecule has 0 fully saturated rings. The number of aromatic carboxylic acids is 1. The van der Waals surface area contributed by atoms with Gasteiger partial charge in [0.2, 0.25) is 0 Å². The normalized spacial score (nSPS) is 10.4. The Morgan fingerprint density at radius 3 is 2.56 bits per heavy atom. The molecule has 0 atom stereocenters. The molecule has 0 saturated carbocycles. The maximum atomic E-state index is 11.6. The summed E-state index contributed by atoms with van der Waals surface area (Å²) in [6.45, 7) is 2.40. The van der Waals surface area contributed by atoms with Gasteiger partial charge in [0.15, 0.2) is 0 Å². The minimum atomic E-state index is -1.05. The van der Waals surface area contributed by atoms with Crippen molar-refractivity contribution in [2.75, 3.05) is 6.61 Å². The third-order valence-corrected chi connectivity index (χ3v) is 4.08. The molecule has 5 nitrogen and oxygen atoms in total. The van der Waals surface area contributed by atoms with Crippen LogP contribution in [0, 0.1) is 0 Å². The maximum Gasteiger partial charge on any atom is 0.337 e. The lowest BCUT2D eigenvalue weighted by molar-refractivity contribution is 0.0693. The van der Waals surface area contributed by atoms with Crippen molar-refractivity contribution >= 4 is 17.6 Å². The van der Waals surface area contributed by atoms with Crippen molar-refractivity contribution in [3.05, 3.63) is 76.9 Å². The second-order valence-corrected chi connectivity index (χ2v) is 6.11. The highest BCUT2D eigenvalue weighted by Crippen LogP contribution is 2.32. The quantitative estimate of drug-likeness (QED) is 0.616. The van der Waals surface area contributed by atoms with Gasteiger partial charge in [0.05, 0.1) is 23.6 Å². The first-order chi connectivity index (χ1) is 13.1. The Kier molecular flexibility index (Phi) is 5.94. The third-order valence-electron chi connectivity index (χ3n) is 3.84. The van der Waals surface area contributed by atoms with Gasteiger partial charge < -0.3 is 14.6 Å². The third kappa shape index (κ3) is 4.57. The number of carboxylic acid groups (broad SMARTS) is 1. The smallest absolute Gasteiger partial charge is 0.337 e. The van der Waals surface area contributed by atoms with Crippen molar-refractivity contribution in [3.8, 4) is 22.8 Å². The van der Waals surface area contributed by atoms with Crippen molar-refractivity contribution < 1.29 is 19.4 Å². The Morgan fingerprint density at radius 1 is 1.07 bits per heavy atom. The predicted molar refractivity (Wildman–Crippen MR) is 104 cm³/mol. The van der Waals surface area contributed by atoms with Crippen LogP contribution >= 0.6 is 11.6 Å². The lowest BCUT2D eigenvalue weighted by Crippen LogP contribution is -2.09. The zero-order chi connectivity index (χ0) is 19.2. The first-order valence-corrected chi connectivity index (χ1v) is 8.80. The van der Waals surface area contributed by atoms with Gasteiger partial charge in [0.25, 0.3) is 0 Å². The average molecular weight is 384 g/mol. The molecule has 1 heterocycles. The number of benzene rings is 2. The molecule has 0 aliphatic rings. The molecule has 0 aliphatic heterocycles. The highest BCUT2D eigenvalue weighted by atomic mass is 35.5. The minimum Gasteiger partial charge on any atom is -0.493 e. The molecular weight excluding hydrogens is 366 g/mol. The molecule has 0 radical (unpaired) electrons. The summed E-state index contributed by atoms with van der Waals surface area (Å²) in [4.78, 5) is 16.1. The Bertz CT molecular complexity index is 944. The zero-order valence-electron chi connectivity index (χ0n) is 14.7. The fourth-order valence-electron chi connectivity index (χ4n) is 2.61. The molecule has 1 N–H and O–H groups in total. The fraction of sp³-hybridized carbons (Fsp3) is 0.143. The lowest BCUT2D eigenvalue weighted by atomic mass is 10.1. The first-order valence-electron chi connectivity index (χ1n) is 8.42. The van der Waals surface area contributed by atoms with Crippen molar-refractivity contribution in [1.82, 2.24) is 4.98 Å². The van der Waals surface area contributed by atoms with Crippen LogP contribution in [0.2, 0.25) is 5.02 Å². The van der Waals surface area contributed by atoms with Crippen LogP contribution in [0.5, 0.6) is 11.5 Å². The zero-order valence-corrected chi connectivity index (χ0v) is 15.4. The molecule has 6 heteroatoms. The van der Waals surface area contributed by atoms with E-state index in [0.29, 0.717) is 34.5 Å². The van der Waals surface area contributed by atoms with Gasteiger partial charge in [-0.25, -0.2) is 9.78 Å². The molecule has 0 unspecified atom stereocenters. The van der Waals surface area contributed by atoms with E-state index in [1.807, 2.05) is 25.1 Å². The van der Waals surface area contributed by atoms with Crippen LogP contribution in [0.3, 0.4) is 0 Å². The number of carboxylic acids is 1. The number of para-hydroxylation sites is 1. The number of nitrogens with zero attached hydrogens (tertiary/aromatic N) is 1. The molecule has 3 aromatic rings. The van der Waals surface area contributed by atoms with E-state index in [-0.39, 0.29) is 12.2 Å². The molecule has 0 saturated heterocycles. The van der Waals surface area contributed by atoms with Gasteiger partial charge in [0, 0.05) is 10.6 Å². The Balaban J connectivity index is 1.97. The van der Waals surface area contributed by atoms with Crippen LogP contribution in [0.1, 0.15) is 23.0 Å². The summed E-state index contributed by atoms with van der Waals surface area (Å²) < 4.78 is 11.3. The largest absolute Gasteiger partial charge is 0.493 e. The summed E-state index contributed by atoms with van der Waals surface area (Å²) in [5.74, 6) is 0.180. The fourth-order valence-corrected chi connectivity index (χ4v) is 2.77. The van der Waals surface area contributed by atoms with E-state index >= 15 is 0 Å². The topological polar surface area (TPSA) is 68.7 Å². The van der Waals surface area contributed by atoms with Gasteiger partial charge in [-0.2, -0.15) is 0 Å². The van der Waals surface area contributed by atoms with Gasteiger partial charge >= 0.3 is 5.97 Å². The van der Waals surface area contributed by atoms with E-state index in [4.69, 9.17) is 21.1 Å². The minimum absolute atomic E-state index is 0.0387. The summed E-state index contributed by atoms with van der Waals surface area (Å²) in [6.07, 6.45) is 0. The van der Waals surface area contributed by atoms with Gasteiger partial charge in [-0.1, -0.05) is 29.8 Å². The number of halogens is 1. The van der Waals surface area contributed by atoms with Gasteiger partial charge in [0.1, 0.15) is 18.1 Å². The number of aromatic nitrogens is 1. The molecule has 138 valence electrons. The molecule has 0 aliphatic carbocycles. The van der Waals surface area contributed by atoms with Crippen molar-refractivity contribution in [3.63, 3.8) is 0 Å². The molecule has 0 amide bonds. The first kappa shape index (κ1) is 18.7. The lowest BCUT2D eigenvalue weighted by Gasteiger charge is -2.13. The predicted octanol–water partition coefficient (Wildman–Crippen LogP) is 5.08. The second kappa shape index (κ2) is 8.56. The monoisotopic (exact) mass is 383 g/mol. The van der Waals surface area contributed by atoms with Crippen LogP contribution in [0.4, 0.5) is 0 Å². The van der Waals surface area contributed by atoms with Crippen LogP contribution in [0.25, 0.3) is 11.3 Å². The van der Waals surface area contributed by atoms with E-state index in [2.05, 4.69) is 4.98 Å². The highest BCUT2D eigenvalue weighted by molar-refractivity contribution is 6.30. The average Bonchev–Trinajstić information content (AvgIpc) is 2.67. The Labute approximate surface area is 162 Å². The Hall–Kier alpha value is -3.05. The summed E-state index contributed by atoms with van der Waals surface area (Å²) in [5.41, 5.74) is 1.76.